The van der Waals surface area contributed by atoms with E-state index >= 15 is 0 Å². The molecule has 1 saturated heterocycles. The van der Waals surface area contributed by atoms with Crippen molar-refractivity contribution in [1.82, 2.24) is 14.1 Å². The van der Waals surface area contributed by atoms with Gasteiger partial charge in [-0.25, -0.2) is 12.8 Å². The van der Waals surface area contributed by atoms with Gasteiger partial charge in [0.2, 0.25) is 15.9 Å². The van der Waals surface area contributed by atoms with Gasteiger partial charge in [0.1, 0.15) is 5.82 Å². The van der Waals surface area contributed by atoms with Crippen LogP contribution in [0.15, 0.2) is 35.7 Å². The maximum Gasteiger partial charge on any atom is 0.223 e. The smallest absolute Gasteiger partial charge is 0.223 e. The van der Waals surface area contributed by atoms with Crippen molar-refractivity contribution in [2.45, 2.75) is 64.3 Å². The van der Waals surface area contributed by atoms with Crippen LogP contribution >= 0.6 is 11.3 Å². The summed E-state index contributed by atoms with van der Waals surface area (Å²) in [7, 11) is -3.26. The number of hydrogen-bond donors (Lipinski definition) is 0. The lowest BCUT2D eigenvalue weighted by Gasteiger charge is -2.37. The van der Waals surface area contributed by atoms with Crippen molar-refractivity contribution in [3.63, 3.8) is 0 Å². The standard InChI is InChI=1S/C28H40FN3O3S2/c1-2-3-4-5-6-7-21-37(34,35)32-18-16-30(17-19-32)27(33)12-15-31-14-11-26-25(13-20-36-26)28(31)23-9-8-10-24(29)22-23/h8-10,13,20,22,28H,2-7,11-12,14-19,21H2,1H3/t28-/m0/s1. The number of unbranched alkanes of at least 4 members (excludes halogenated alkanes) is 5. The minimum atomic E-state index is -3.26. The molecule has 1 atom stereocenters. The van der Waals surface area contributed by atoms with Gasteiger partial charge in [-0.15, -0.1) is 11.3 Å². The highest BCUT2D eigenvalue weighted by Gasteiger charge is 2.32. The van der Waals surface area contributed by atoms with Gasteiger partial charge in [0.15, 0.2) is 0 Å². The predicted molar refractivity (Wildman–Crippen MR) is 148 cm³/mol. The Hall–Kier alpha value is -1.81. The summed E-state index contributed by atoms with van der Waals surface area (Å²) in [5.74, 6) is 0.0101. The van der Waals surface area contributed by atoms with Crippen molar-refractivity contribution in [3.8, 4) is 0 Å². The van der Waals surface area contributed by atoms with E-state index in [-0.39, 0.29) is 23.5 Å². The molecule has 204 valence electrons. The van der Waals surface area contributed by atoms with Gasteiger partial charge in [0.25, 0.3) is 0 Å². The molecule has 2 aliphatic rings. The molecule has 6 nitrogen and oxygen atoms in total. The Kier molecular flexibility index (Phi) is 10.1. The van der Waals surface area contributed by atoms with Crippen molar-refractivity contribution < 1.29 is 17.6 Å². The molecule has 9 heteroatoms. The van der Waals surface area contributed by atoms with E-state index in [2.05, 4.69) is 23.3 Å². The largest absolute Gasteiger partial charge is 0.340 e. The molecule has 0 spiro atoms. The fourth-order valence-corrected chi connectivity index (χ4v) is 7.93. The lowest BCUT2D eigenvalue weighted by molar-refractivity contribution is -0.132. The molecule has 0 radical (unpaired) electrons. The van der Waals surface area contributed by atoms with Gasteiger partial charge in [-0.3, -0.25) is 9.69 Å². The summed E-state index contributed by atoms with van der Waals surface area (Å²) in [6.07, 6.45) is 7.63. The van der Waals surface area contributed by atoms with E-state index < -0.39 is 10.0 Å². The topological polar surface area (TPSA) is 60.9 Å². The van der Waals surface area contributed by atoms with Crippen molar-refractivity contribution >= 4 is 27.3 Å². The first kappa shape index (κ1) is 28.2. The molecule has 3 heterocycles. The number of nitrogens with zero attached hydrogens (tertiary/aromatic N) is 3. The van der Waals surface area contributed by atoms with Gasteiger partial charge >= 0.3 is 0 Å². The van der Waals surface area contributed by atoms with Crippen molar-refractivity contribution in [1.29, 1.82) is 0 Å². The number of piperazine rings is 1. The average molecular weight is 550 g/mol. The molecule has 4 rings (SSSR count). The number of hydrogen-bond acceptors (Lipinski definition) is 5. The van der Waals surface area contributed by atoms with Crippen LogP contribution in [-0.4, -0.2) is 73.5 Å². The summed E-state index contributed by atoms with van der Waals surface area (Å²) in [5.41, 5.74) is 2.12. The minimum Gasteiger partial charge on any atom is -0.340 e. The number of carbonyl (C=O) groups excluding carboxylic acids is 1. The molecule has 1 aromatic carbocycles. The SMILES string of the molecule is CCCCCCCCS(=O)(=O)N1CCN(C(=O)CCN2CCc3sccc3[C@@H]2c2cccc(F)c2)CC1. The Bertz CT molecular complexity index is 1130. The zero-order valence-electron chi connectivity index (χ0n) is 21.9. The van der Waals surface area contributed by atoms with Crippen molar-refractivity contribution in [2.75, 3.05) is 45.0 Å². The molecular formula is C28H40FN3O3S2. The highest BCUT2D eigenvalue weighted by molar-refractivity contribution is 7.89. The second-order valence-electron chi connectivity index (χ2n) is 10.2. The van der Waals surface area contributed by atoms with E-state index in [0.717, 1.165) is 31.4 Å². The van der Waals surface area contributed by atoms with Crippen LogP contribution in [0.25, 0.3) is 0 Å². The molecule has 1 amide bonds. The first-order chi connectivity index (χ1) is 17.9. The summed E-state index contributed by atoms with van der Waals surface area (Å²) >= 11 is 1.74. The van der Waals surface area contributed by atoms with E-state index in [0.29, 0.717) is 45.6 Å². The van der Waals surface area contributed by atoms with E-state index in [4.69, 9.17) is 0 Å². The normalized spacial score (nSPS) is 19.2. The summed E-state index contributed by atoms with van der Waals surface area (Å²) in [6, 6.07) is 8.82. The molecule has 2 aliphatic heterocycles. The van der Waals surface area contributed by atoms with Crippen LogP contribution < -0.4 is 0 Å². The van der Waals surface area contributed by atoms with Crippen LogP contribution in [0.3, 0.4) is 0 Å². The van der Waals surface area contributed by atoms with Crippen molar-refractivity contribution in [2.24, 2.45) is 0 Å². The van der Waals surface area contributed by atoms with E-state index in [9.17, 15) is 17.6 Å². The maximum atomic E-state index is 14.0. The number of sulfonamides is 1. The average Bonchev–Trinajstić information content (AvgIpc) is 3.38. The van der Waals surface area contributed by atoms with Crippen LogP contribution in [-0.2, 0) is 21.2 Å². The Morgan fingerprint density at radius 3 is 2.54 bits per heavy atom. The van der Waals surface area contributed by atoms with Crippen LogP contribution in [0.4, 0.5) is 4.39 Å². The number of halogens is 1. The Morgan fingerprint density at radius 1 is 1.03 bits per heavy atom. The number of carbonyl (C=O) groups is 1. The molecule has 0 aliphatic carbocycles. The predicted octanol–water partition coefficient (Wildman–Crippen LogP) is 5.06. The van der Waals surface area contributed by atoms with Gasteiger partial charge in [0.05, 0.1) is 11.8 Å². The molecular weight excluding hydrogens is 509 g/mol. The molecule has 2 aromatic rings. The van der Waals surface area contributed by atoms with Crippen LogP contribution in [0, 0.1) is 5.82 Å². The quantitative estimate of drug-likeness (QED) is 0.347. The van der Waals surface area contributed by atoms with Crippen LogP contribution in [0.5, 0.6) is 0 Å². The second-order valence-corrected chi connectivity index (χ2v) is 13.2. The summed E-state index contributed by atoms with van der Waals surface area (Å²) in [6.45, 7) is 5.22. The highest BCUT2D eigenvalue weighted by Crippen LogP contribution is 2.38. The molecule has 0 N–H and O–H groups in total. The molecule has 37 heavy (non-hydrogen) atoms. The molecule has 1 fully saturated rings. The second kappa shape index (κ2) is 13.3. The van der Waals surface area contributed by atoms with Crippen LogP contribution in [0.2, 0.25) is 0 Å². The lowest BCUT2D eigenvalue weighted by Crippen LogP contribution is -2.51. The Balaban J connectivity index is 1.27. The van der Waals surface area contributed by atoms with E-state index in [1.54, 1.807) is 32.7 Å². The van der Waals surface area contributed by atoms with E-state index in [1.165, 1.54) is 35.8 Å². The van der Waals surface area contributed by atoms with Gasteiger partial charge in [0, 0.05) is 50.6 Å². The number of thiophene rings is 1. The molecule has 0 bridgehead atoms. The third-order valence-electron chi connectivity index (χ3n) is 7.58. The van der Waals surface area contributed by atoms with Gasteiger partial charge < -0.3 is 4.90 Å². The summed E-state index contributed by atoms with van der Waals surface area (Å²) in [5, 5.41) is 2.09. The third kappa shape index (κ3) is 7.40. The summed E-state index contributed by atoms with van der Waals surface area (Å²) in [4.78, 5) is 18.5. The lowest BCUT2D eigenvalue weighted by atomic mass is 9.93. The van der Waals surface area contributed by atoms with E-state index in [1.807, 2.05) is 6.07 Å². The molecule has 0 saturated carbocycles. The summed E-state index contributed by atoms with van der Waals surface area (Å²) < 4.78 is 41.1. The number of fused-ring (bicyclic) bond motifs is 1. The Labute approximate surface area is 225 Å². The van der Waals surface area contributed by atoms with Gasteiger partial charge in [-0.2, -0.15) is 4.31 Å². The third-order valence-corrected chi connectivity index (χ3v) is 10.5. The molecule has 0 unspecified atom stereocenters. The van der Waals surface area contributed by atoms with Crippen molar-refractivity contribution in [3.05, 3.63) is 57.5 Å². The first-order valence-corrected chi connectivity index (χ1v) is 16.2. The molecule has 1 aromatic heterocycles. The minimum absolute atomic E-state index is 0.0533. The van der Waals surface area contributed by atoms with Gasteiger partial charge in [-0.1, -0.05) is 51.2 Å². The Morgan fingerprint density at radius 2 is 1.78 bits per heavy atom. The monoisotopic (exact) mass is 549 g/mol. The zero-order valence-corrected chi connectivity index (χ0v) is 23.5. The number of rotatable bonds is 12. The maximum absolute atomic E-state index is 14.0. The van der Waals surface area contributed by atoms with Gasteiger partial charge in [-0.05, 0) is 47.5 Å². The fraction of sp³-hybridized carbons (Fsp3) is 0.607. The zero-order chi connectivity index (χ0) is 26.3. The fourth-order valence-electron chi connectivity index (χ4n) is 5.48. The van der Waals surface area contributed by atoms with Crippen LogP contribution in [0.1, 0.15) is 73.9 Å². The number of benzene rings is 1. The highest BCUT2D eigenvalue weighted by atomic mass is 32.2. The number of amides is 1. The first-order valence-electron chi connectivity index (χ1n) is 13.7.